The Morgan fingerprint density at radius 1 is 0.963 bits per heavy atom. The standard InChI is InChI=1S/C20H22FNO5/c1-3-25-17-10-9-16(12-18(17)26-4-2)22-19(23)13-27-20(24)11-14-5-7-15(21)8-6-14/h5-10,12H,3-4,11,13H2,1-2H3,(H,22,23). The van der Waals surface area contributed by atoms with Crippen LogP contribution < -0.4 is 14.8 Å². The summed E-state index contributed by atoms with van der Waals surface area (Å²) in [4.78, 5) is 23.8. The summed E-state index contributed by atoms with van der Waals surface area (Å²) >= 11 is 0. The van der Waals surface area contributed by atoms with Crippen molar-refractivity contribution in [2.75, 3.05) is 25.1 Å². The van der Waals surface area contributed by atoms with Crippen LogP contribution in [0.25, 0.3) is 0 Å². The van der Waals surface area contributed by atoms with Gasteiger partial charge in [0.2, 0.25) is 0 Å². The van der Waals surface area contributed by atoms with E-state index in [9.17, 15) is 14.0 Å². The zero-order valence-electron chi connectivity index (χ0n) is 15.3. The Morgan fingerprint density at radius 2 is 1.63 bits per heavy atom. The molecule has 0 saturated carbocycles. The molecule has 0 atom stereocenters. The molecule has 0 spiro atoms. The molecule has 0 bridgehead atoms. The highest BCUT2D eigenvalue weighted by Crippen LogP contribution is 2.30. The summed E-state index contributed by atoms with van der Waals surface area (Å²) in [5.41, 5.74) is 1.11. The van der Waals surface area contributed by atoms with Crippen molar-refractivity contribution >= 4 is 17.6 Å². The van der Waals surface area contributed by atoms with Gasteiger partial charge in [-0.15, -0.1) is 0 Å². The largest absolute Gasteiger partial charge is 0.490 e. The Hall–Kier alpha value is -3.09. The van der Waals surface area contributed by atoms with Crippen molar-refractivity contribution in [3.05, 3.63) is 53.8 Å². The first-order valence-corrected chi connectivity index (χ1v) is 8.61. The molecule has 6 nitrogen and oxygen atoms in total. The second kappa shape index (κ2) is 10.2. The van der Waals surface area contributed by atoms with Gasteiger partial charge in [-0.25, -0.2) is 4.39 Å². The number of ether oxygens (including phenoxy) is 3. The first-order valence-electron chi connectivity index (χ1n) is 8.61. The monoisotopic (exact) mass is 375 g/mol. The van der Waals surface area contributed by atoms with Gasteiger partial charge in [-0.3, -0.25) is 9.59 Å². The minimum atomic E-state index is -0.571. The molecule has 0 unspecified atom stereocenters. The fourth-order valence-corrected chi connectivity index (χ4v) is 2.29. The zero-order valence-corrected chi connectivity index (χ0v) is 15.3. The number of rotatable bonds is 9. The van der Waals surface area contributed by atoms with Crippen molar-refractivity contribution in [3.8, 4) is 11.5 Å². The van der Waals surface area contributed by atoms with E-state index >= 15 is 0 Å². The van der Waals surface area contributed by atoms with Gasteiger partial charge in [0.25, 0.3) is 5.91 Å². The lowest BCUT2D eigenvalue weighted by molar-refractivity contribution is -0.146. The van der Waals surface area contributed by atoms with Gasteiger partial charge in [-0.05, 0) is 43.7 Å². The number of nitrogens with one attached hydrogen (secondary N) is 1. The molecule has 0 aliphatic rings. The maximum Gasteiger partial charge on any atom is 0.310 e. The van der Waals surface area contributed by atoms with Crippen LogP contribution in [0.2, 0.25) is 0 Å². The maximum atomic E-state index is 12.8. The molecule has 0 saturated heterocycles. The van der Waals surface area contributed by atoms with Crippen LogP contribution in [0.3, 0.4) is 0 Å². The van der Waals surface area contributed by atoms with E-state index < -0.39 is 18.5 Å². The van der Waals surface area contributed by atoms with Crippen molar-refractivity contribution in [2.24, 2.45) is 0 Å². The maximum absolute atomic E-state index is 12.8. The number of halogens is 1. The molecule has 0 heterocycles. The molecule has 27 heavy (non-hydrogen) atoms. The summed E-state index contributed by atoms with van der Waals surface area (Å²) in [6.07, 6.45) is -0.0366. The van der Waals surface area contributed by atoms with E-state index in [1.165, 1.54) is 24.3 Å². The highest BCUT2D eigenvalue weighted by Gasteiger charge is 2.11. The van der Waals surface area contributed by atoms with E-state index in [2.05, 4.69) is 5.32 Å². The molecule has 0 radical (unpaired) electrons. The molecule has 2 aromatic rings. The van der Waals surface area contributed by atoms with Gasteiger partial charge in [0.1, 0.15) is 5.82 Å². The van der Waals surface area contributed by atoms with Crippen molar-refractivity contribution in [1.82, 2.24) is 0 Å². The fraction of sp³-hybridized carbons (Fsp3) is 0.300. The van der Waals surface area contributed by atoms with Gasteiger partial charge >= 0.3 is 5.97 Å². The van der Waals surface area contributed by atoms with E-state index in [4.69, 9.17) is 14.2 Å². The Kier molecular flexibility index (Phi) is 7.61. The van der Waals surface area contributed by atoms with Crippen LogP contribution in [0.5, 0.6) is 11.5 Å². The predicted octanol–water partition coefficient (Wildman–Crippen LogP) is 3.35. The third-order valence-electron chi connectivity index (χ3n) is 3.45. The summed E-state index contributed by atoms with van der Waals surface area (Å²) in [5.74, 6) is -0.325. The van der Waals surface area contributed by atoms with Gasteiger partial charge in [0.15, 0.2) is 18.1 Å². The third-order valence-corrected chi connectivity index (χ3v) is 3.45. The van der Waals surface area contributed by atoms with E-state index in [-0.39, 0.29) is 12.2 Å². The van der Waals surface area contributed by atoms with Gasteiger partial charge in [-0.2, -0.15) is 0 Å². The molecule has 7 heteroatoms. The van der Waals surface area contributed by atoms with Crippen LogP contribution in [0, 0.1) is 5.82 Å². The number of amides is 1. The first kappa shape index (κ1) is 20.2. The summed E-state index contributed by atoms with van der Waals surface area (Å²) < 4.78 is 28.8. The SMILES string of the molecule is CCOc1ccc(NC(=O)COC(=O)Cc2ccc(F)cc2)cc1OCC. The molecule has 0 aromatic heterocycles. The Bertz CT molecular complexity index is 776. The molecular formula is C20H22FNO5. The van der Waals surface area contributed by atoms with Crippen LogP contribution in [-0.4, -0.2) is 31.7 Å². The van der Waals surface area contributed by atoms with E-state index in [0.29, 0.717) is 36.0 Å². The van der Waals surface area contributed by atoms with Crippen LogP contribution >= 0.6 is 0 Å². The highest BCUT2D eigenvalue weighted by molar-refractivity contribution is 5.93. The average molecular weight is 375 g/mol. The Labute approximate surface area is 157 Å². The minimum absolute atomic E-state index is 0.0366. The van der Waals surface area contributed by atoms with Crippen molar-refractivity contribution in [2.45, 2.75) is 20.3 Å². The third kappa shape index (κ3) is 6.62. The number of hydrogen-bond acceptors (Lipinski definition) is 5. The van der Waals surface area contributed by atoms with Gasteiger partial charge in [-0.1, -0.05) is 12.1 Å². The number of carbonyl (C=O) groups is 2. The van der Waals surface area contributed by atoms with Gasteiger partial charge in [0, 0.05) is 11.8 Å². The molecule has 1 amide bonds. The molecule has 0 fully saturated rings. The van der Waals surface area contributed by atoms with Crippen molar-refractivity contribution in [3.63, 3.8) is 0 Å². The summed E-state index contributed by atoms with van der Waals surface area (Å²) in [6.45, 7) is 4.25. The molecule has 1 N–H and O–H groups in total. The van der Waals surface area contributed by atoms with Gasteiger partial charge < -0.3 is 19.5 Å². The number of carbonyl (C=O) groups excluding carboxylic acids is 2. The quantitative estimate of drug-likeness (QED) is 0.681. The van der Waals surface area contributed by atoms with Crippen molar-refractivity contribution < 1.29 is 28.2 Å². The smallest absolute Gasteiger partial charge is 0.310 e. The molecule has 2 rings (SSSR count). The highest BCUT2D eigenvalue weighted by atomic mass is 19.1. The van der Waals surface area contributed by atoms with Crippen LogP contribution in [-0.2, 0) is 20.7 Å². The summed E-state index contributed by atoms with van der Waals surface area (Å²) in [7, 11) is 0. The molecule has 0 aliphatic heterocycles. The number of hydrogen-bond donors (Lipinski definition) is 1. The molecule has 0 aliphatic carbocycles. The fourth-order valence-electron chi connectivity index (χ4n) is 2.29. The van der Waals surface area contributed by atoms with Crippen LogP contribution in [0.1, 0.15) is 19.4 Å². The normalized spacial score (nSPS) is 10.2. The van der Waals surface area contributed by atoms with Crippen LogP contribution in [0.15, 0.2) is 42.5 Å². The Morgan fingerprint density at radius 3 is 2.30 bits per heavy atom. The van der Waals surface area contributed by atoms with E-state index in [1.807, 2.05) is 13.8 Å². The lowest BCUT2D eigenvalue weighted by atomic mass is 10.1. The summed E-state index contributed by atoms with van der Waals surface area (Å²) in [6, 6.07) is 10.5. The second-order valence-corrected chi connectivity index (χ2v) is 5.54. The molecular weight excluding hydrogens is 353 g/mol. The lowest BCUT2D eigenvalue weighted by Crippen LogP contribution is -2.21. The summed E-state index contributed by atoms with van der Waals surface area (Å²) in [5, 5.41) is 2.64. The molecule has 144 valence electrons. The Balaban J connectivity index is 1.86. The topological polar surface area (TPSA) is 73.9 Å². The van der Waals surface area contributed by atoms with Gasteiger partial charge in [0.05, 0.1) is 19.6 Å². The average Bonchev–Trinajstić information content (AvgIpc) is 2.64. The first-order chi connectivity index (χ1) is 13.0. The van der Waals surface area contributed by atoms with Crippen molar-refractivity contribution in [1.29, 1.82) is 0 Å². The zero-order chi connectivity index (χ0) is 19.6. The number of esters is 1. The minimum Gasteiger partial charge on any atom is -0.490 e. The molecule has 2 aromatic carbocycles. The van der Waals surface area contributed by atoms with E-state index in [0.717, 1.165) is 0 Å². The van der Waals surface area contributed by atoms with E-state index in [1.54, 1.807) is 18.2 Å². The predicted molar refractivity (Wildman–Crippen MR) is 98.5 cm³/mol. The number of anilines is 1. The second-order valence-electron chi connectivity index (χ2n) is 5.54. The lowest BCUT2D eigenvalue weighted by Gasteiger charge is -2.13. The van der Waals surface area contributed by atoms with Crippen LogP contribution in [0.4, 0.5) is 10.1 Å². The number of benzene rings is 2.